The molecule has 0 spiro atoms. The predicted octanol–water partition coefficient (Wildman–Crippen LogP) is 1.21. The zero-order chi connectivity index (χ0) is 13.7. The lowest BCUT2D eigenvalue weighted by molar-refractivity contribution is -0.121. The number of hydrogen-bond acceptors (Lipinski definition) is 3. The molecule has 0 bridgehead atoms. The van der Waals surface area contributed by atoms with Crippen LogP contribution in [0.1, 0.15) is 12.5 Å². The summed E-state index contributed by atoms with van der Waals surface area (Å²) in [6.07, 6.45) is 3.90. The van der Waals surface area contributed by atoms with Crippen LogP contribution in [0.4, 0.5) is 5.69 Å². The van der Waals surface area contributed by atoms with Crippen molar-refractivity contribution in [3.8, 4) is 0 Å². The van der Waals surface area contributed by atoms with Gasteiger partial charge in [-0.25, -0.2) is 0 Å². The van der Waals surface area contributed by atoms with Crippen LogP contribution < -0.4 is 11.1 Å². The molecule has 0 saturated heterocycles. The van der Waals surface area contributed by atoms with Crippen LogP contribution in [0.5, 0.6) is 0 Å². The number of aromatic nitrogens is 2. The molecule has 5 nitrogen and oxygen atoms in total. The van der Waals surface area contributed by atoms with E-state index >= 15 is 0 Å². The Hall–Kier alpha value is -2.30. The van der Waals surface area contributed by atoms with Crippen LogP contribution in [0.3, 0.4) is 0 Å². The van der Waals surface area contributed by atoms with Crippen LogP contribution in [0.2, 0.25) is 0 Å². The van der Waals surface area contributed by atoms with Gasteiger partial charge in [0.15, 0.2) is 0 Å². The number of para-hydroxylation sites is 1. The van der Waals surface area contributed by atoms with Crippen molar-refractivity contribution in [2.75, 3.05) is 5.73 Å². The molecule has 3 N–H and O–H groups in total. The van der Waals surface area contributed by atoms with Gasteiger partial charge in [-0.2, -0.15) is 5.10 Å². The minimum absolute atomic E-state index is 0.0253. The molecular formula is C14H18N4O. The van der Waals surface area contributed by atoms with Gasteiger partial charge in [-0.3, -0.25) is 9.48 Å². The second kappa shape index (κ2) is 6.04. The highest BCUT2D eigenvalue weighted by Gasteiger charge is 2.10. The van der Waals surface area contributed by atoms with Crippen molar-refractivity contribution in [2.45, 2.75) is 25.9 Å². The highest BCUT2D eigenvalue weighted by Crippen LogP contribution is 2.10. The van der Waals surface area contributed by atoms with Gasteiger partial charge in [0.2, 0.25) is 5.91 Å². The summed E-state index contributed by atoms with van der Waals surface area (Å²) < 4.78 is 1.79. The van der Waals surface area contributed by atoms with Crippen LogP contribution >= 0.6 is 0 Å². The Balaban J connectivity index is 1.86. The summed E-state index contributed by atoms with van der Waals surface area (Å²) in [5.74, 6) is -0.0300. The lowest BCUT2D eigenvalue weighted by atomic mass is 10.1. The van der Waals surface area contributed by atoms with E-state index in [0.717, 1.165) is 5.56 Å². The van der Waals surface area contributed by atoms with Crippen molar-refractivity contribution in [3.63, 3.8) is 0 Å². The molecular weight excluding hydrogens is 240 g/mol. The number of amides is 1. The van der Waals surface area contributed by atoms with E-state index in [4.69, 9.17) is 5.73 Å². The molecule has 2 aromatic rings. The number of carbonyl (C=O) groups excluding carboxylic acids is 1. The quantitative estimate of drug-likeness (QED) is 0.792. The van der Waals surface area contributed by atoms with Crippen molar-refractivity contribution in [3.05, 3.63) is 48.3 Å². The first-order valence-corrected chi connectivity index (χ1v) is 6.25. The summed E-state index contributed by atoms with van der Waals surface area (Å²) in [7, 11) is 0. The molecule has 19 heavy (non-hydrogen) atoms. The first kappa shape index (κ1) is 13.1. The molecule has 0 aliphatic heterocycles. The van der Waals surface area contributed by atoms with E-state index in [1.165, 1.54) is 0 Å². The van der Waals surface area contributed by atoms with Crippen molar-refractivity contribution in [2.24, 2.45) is 0 Å². The number of nitrogens with zero attached hydrogens (tertiary/aromatic N) is 2. The third-order valence-corrected chi connectivity index (χ3v) is 2.83. The Kier molecular flexibility index (Phi) is 4.18. The molecule has 1 aromatic carbocycles. The van der Waals surface area contributed by atoms with Crippen LogP contribution in [-0.4, -0.2) is 21.7 Å². The Bertz CT molecular complexity index is 536. The van der Waals surface area contributed by atoms with Gasteiger partial charge < -0.3 is 11.1 Å². The second-order valence-electron chi connectivity index (χ2n) is 4.57. The number of hydrogen-bond donors (Lipinski definition) is 2. The Morgan fingerprint density at radius 2 is 2.21 bits per heavy atom. The zero-order valence-electron chi connectivity index (χ0n) is 10.9. The second-order valence-corrected chi connectivity index (χ2v) is 4.57. The number of nitrogens with one attached hydrogen (secondary N) is 1. The molecule has 0 fully saturated rings. The highest BCUT2D eigenvalue weighted by atomic mass is 16.1. The molecule has 1 heterocycles. The van der Waals surface area contributed by atoms with Crippen molar-refractivity contribution in [1.29, 1.82) is 0 Å². The number of nitrogens with two attached hydrogens (primary N) is 1. The minimum atomic E-state index is -0.0300. The molecule has 1 aromatic heterocycles. The van der Waals surface area contributed by atoms with E-state index in [0.29, 0.717) is 18.7 Å². The fourth-order valence-corrected chi connectivity index (χ4v) is 1.93. The largest absolute Gasteiger partial charge is 0.398 e. The zero-order valence-corrected chi connectivity index (χ0v) is 10.9. The minimum Gasteiger partial charge on any atom is -0.398 e. The Morgan fingerprint density at radius 3 is 2.89 bits per heavy atom. The van der Waals surface area contributed by atoms with Gasteiger partial charge in [0, 0.05) is 24.1 Å². The summed E-state index contributed by atoms with van der Waals surface area (Å²) in [6, 6.07) is 9.29. The van der Waals surface area contributed by atoms with Crippen LogP contribution in [-0.2, 0) is 17.8 Å². The smallest absolute Gasteiger partial charge is 0.224 e. The van der Waals surface area contributed by atoms with E-state index in [-0.39, 0.29) is 11.9 Å². The average Bonchev–Trinajstić information content (AvgIpc) is 2.84. The topological polar surface area (TPSA) is 72.9 Å². The SMILES string of the molecule is CC(Cn1cccn1)NC(=O)Cc1ccccc1N. The fourth-order valence-electron chi connectivity index (χ4n) is 1.93. The van der Waals surface area contributed by atoms with Crippen LogP contribution in [0.15, 0.2) is 42.7 Å². The molecule has 5 heteroatoms. The fraction of sp³-hybridized carbons (Fsp3) is 0.286. The first-order valence-electron chi connectivity index (χ1n) is 6.25. The molecule has 2 rings (SSSR count). The molecule has 1 amide bonds. The number of anilines is 1. The van der Waals surface area contributed by atoms with Crippen LogP contribution in [0, 0.1) is 0 Å². The summed E-state index contributed by atoms with van der Waals surface area (Å²) in [5.41, 5.74) is 7.32. The maximum absolute atomic E-state index is 11.9. The van der Waals surface area contributed by atoms with Gasteiger partial charge in [-0.1, -0.05) is 18.2 Å². The Morgan fingerprint density at radius 1 is 1.42 bits per heavy atom. The molecule has 1 unspecified atom stereocenters. The average molecular weight is 258 g/mol. The van der Waals surface area contributed by atoms with Crippen molar-refractivity contribution >= 4 is 11.6 Å². The van der Waals surface area contributed by atoms with E-state index < -0.39 is 0 Å². The van der Waals surface area contributed by atoms with Crippen molar-refractivity contribution < 1.29 is 4.79 Å². The number of rotatable bonds is 5. The van der Waals surface area contributed by atoms with E-state index in [9.17, 15) is 4.79 Å². The van der Waals surface area contributed by atoms with Gasteiger partial charge in [0.05, 0.1) is 13.0 Å². The van der Waals surface area contributed by atoms with E-state index in [1.54, 1.807) is 16.9 Å². The van der Waals surface area contributed by atoms with Gasteiger partial charge in [0.25, 0.3) is 0 Å². The monoisotopic (exact) mass is 258 g/mol. The standard InChI is InChI=1S/C14H18N4O/c1-11(10-18-8-4-7-16-18)17-14(19)9-12-5-2-3-6-13(12)15/h2-8,11H,9-10,15H2,1H3,(H,17,19). The van der Waals surface area contributed by atoms with Gasteiger partial charge in [0.1, 0.15) is 0 Å². The first-order chi connectivity index (χ1) is 9.15. The predicted molar refractivity (Wildman–Crippen MR) is 74.4 cm³/mol. The van der Waals surface area contributed by atoms with Gasteiger partial charge in [-0.05, 0) is 24.6 Å². The number of benzene rings is 1. The lowest BCUT2D eigenvalue weighted by Crippen LogP contribution is -2.36. The third kappa shape index (κ3) is 3.84. The summed E-state index contributed by atoms with van der Waals surface area (Å²) >= 11 is 0. The highest BCUT2D eigenvalue weighted by molar-refractivity contribution is 5.80. The number of nitrogen functional groups attached to an aromatic ring is 1. The molecule has 100 valence electrons. The lowest BCUT2D eigenvalue weighted by Gasteiger charge is -2.14. The maximum atomic E-state index is 11.9. The van der Waals surface area contributed by atoms with E-state index in [2.05, 4.69) is 10.4 Å². The molecule has 1 atom stereocenters. The third-order valence-electron chi connectivity index (χ3n) is 2.83. The van der Waals surface area contributed by atoms with Crippen LogP contribution in [0.25, 0.3) is 0 Å². The molecule has 0 aliphatic rings. The summed E-state index contributed by atoms with van der Waals surface area (Å²) in [5, 5.41) is 7.05. The maximum Gasteiger partial charge on any atom is 0.224 e. The Labute approximate surface area is 112 Å². The van der Waals surface area contributed by atoms with Gasteiger partial charge >= 0.3 is 0 Å². The molecule has 0 saturated carbocycles. The summed E-state index contributed by atoms with van der Waals surface area (Å²) in [6.45, 7) is 2.61. The summed E-state index contributed by atoms with van der Waals surface area (Å²) in [4.78, 5) is 11.9. The normalized spacial score (nSPS) is 12.1. The molecule has 0 aliphatic carbocycles. The molecule has 0 radical (unpaired) electrons. The van der Waals surface area contributed by atoms with Gasteiger partial charge in [-0.15, -0.1) is 0 Å². The van der Waals surface area contributed by atoms with E-state index in [1.807, 2.05) is 37.4 Å². The van der Waals surface area contributed by atoms with Crippen molar-refractivity contribution in [1.82, 2.24) is 15.1 Å². The number of carbonyl (C=O) groups is 1.